The standard InChI is InChI=1S/C32H35FN2O3S/c1-18-16-35(17-19(2)38-18)31-34-30(37)28(39-31)10-20-4-3-5-24(9-20)25-11-26(29(36)27(33)12-25)32-13-21-6-22(14-32)8-23(7-21)15-32/h3-5,9-12,18-19,21-23,36H,6-8,13-17H2,1-2H3/t18-,19-,21?,22?,23?,32?/m1/s1. The van der Waals surface area contributed by atoms with Crippen molar-refractivity contribution in [1.82, 2.24) is 4.90 Å². The summed E-state index contributed by atoms with van der Waals surface area (Å²) in [6.07, 6.45) is 9.12. The first-order valence-corrected chi connectivity index (χ1v) is 15.1. The van der Waals surface area contributed by atoms with Gasteiger partial charge in [-0.3, -0.25) is 4.79 Å². The number of nitrogens with zero attached hydrogens (tertiary/aromatic N) is 2. The van der Waals surface area contributed by atoms with Crippen LogP contribution in [0.1, 0.15) is 63.5 Å². The summed E-state index contributed by atoms with van der Waals surface area (Å²) in [6.45, 7) is 5.50. The highest BCUT2D eigenvalue weighted by Gasteiger charge is 2.52. The fourth-order valence-corrected chi connectivity index (χ4v) is 9.37. The molecule has 4 aliphatic carbocycles. The molecular weight excluding hydrogens is 511 g/mol. The number of hydrogen-bond acceptors (Lipinski definition) is 5. The highest BCUT2D eigenvalue weighted by molar-refractivity contribution is 8.18. The number of carbonyl (C=O) groups is 1. The van der Waals surface area contributed by atoms with Crippen LogP contribution in [-0.4, -0.2) is 46.4 Å². The van der Waals surface area contributed by atoms with Crippen LogP contribution in [0.2, 0.25) is 0 Å². The Balaban J connectivity index is 1.17. The van der Waals surface area contributed by atoms with Crippen LogP contribution in [0.15, 0.2) is 46.3 Å². The molecule has 2 aliphatic heterocycles. The van der Waals surface area contributed by atoms with Crippen LogP contribution in [0, 0.1) is 23.6 Å². The van der Waals surface area contributed by atoms with Crippen LogP contribution in [0.5, 0.6) is 5.75 Å². The van der Waals surface area contributed by atoms with Crippen LogP contribution < -0.4 is 0 Å². The summed E-state index contributed by atoms with van der Waals surface area (Å²) < 4.78 is 21.1. The van der Waals surface area contributed by atoms with Crippen molar-refractivity contribution < 1.29 is 19.0 Å². The highest BCUT2D eigenvalue weighted by atomic mass is 32.2. The number of carbonyl (C=O) groups excluding carboxylic acids is 1. The van der Waals surface area contributed by atoms with Gasteiger partial charge in [0.2, 0.25) is 0 Å². The van der Waals surface area contributed by atoms with Crippen LogP contribution in [-0.2, 0) is 14.9 Å². The van der Waals surface area contributed by atoms with E-state index in [4.69, 9.17) is 4.74 Å². The van der Waals surface area contributed by atoms with Gasteiger partial charge in [-0.15, -0.1) is 0 Å². The molecule has 1 N–H and O–H groups in total. The molecule has 4 bridgehead atoms. The number of amidine groups is 1. The van der Waals surface area contributed by atoms with E-state index in [1.54, 1.807) is 0 Å². The van der Waals surface area contributed by atoms with Gasteiger partial charge in [-0.1, -0.05) is 18.2 Å². The predicted octanol–water partition coefficient (Wildman–Crippen LogP) is 6.75. The number of phenols is 1. The lowest BCUT2D eigenvalue weighted by molar-refractivity contribution is -0.113. The van der Waals surface area contributed by atoms with E-state index in [2.05, 4.69) is 9.89 Å². The second-order valence-corrected chi connectivity index (χ2v) is 13.7. The maximum atomic E-state index is 15.2. The largest absolute Gasteiger partial charge is 0.505 e. The Labute approximate surface area is 233 Å². The lowest BCUT2D eigenvalue weighted by atomic mass is 9.48. The minimum absolute atomic E-state index is 0.0888. The van der Waals surface area contributed by atoms with Crippen molar-refractivity contribution in [3.8, 4) is 16.9 Å². The van der Waals surface area contributed by atoms with E-state index in [1.807, 2.05) is 50.3 Å². The first-order chi connectivity index (χ1) is 18.7. The summed E-state index contributed by atoms with van der Waals surface area (Å²) in [5.74, 6) is 1.17. The molecule has 0 radical (unpaired) electrons. The number of benzene rings is 2. The molecule has 0 spiro atoms. The maximum Gasteiger partial charge on any atom is 0.286 e. The molecule has 7 heteroatoms. The average Bonchev–Trinajstić information content (AvgIpc) is 3.24. The average molecular weight is 547 g/mol. The van der Waals surface area contributed by atoms with Crippen molar-refractivity contribution in [2.75, 3.05) is 13.1 Å². The third-order valence-electron chi connectivity index (χ3n) is 9.49. The number of hydrogen-bond donors (Lipinski definition) is 1. The minimum atomic E-state index is -0.546. The van der Waals surface area contributed by atoms with Gasteiger partial charge in [-0.2, -0.15) is 4.99 Å². The summed E-state index contributed by atoms with van der Waals surface area (Å²) in [6, 6.07) is 11.3. The Bertz CT molecular complexity index is 1360. The molecule has 2 heterocycles. The second kappa shape index (κ2) is 9.48. The summed E-state index contributed by atoms with van der Waals surface area (Å²) in [5, 5.41) is 11.6. The lowest BCUT2D eigenvalue weighted by Gasteiger charge is -2.57. The number of halogens is 1. The summed E-state index contributed by atoms with van der Waals surface area (Å²) >= 11 is 1.40. The molecule has 6 aliphatic rings. The monoisotopic (exact) mass is 546 g/mol. The zero-order valence-corrected chi connectivity index (χ0v) is 23.3. The van der Waals surface area contributed by atoms with Crippen molar-refractivity contribution in [3.63, 3.8) is 0 Å². The molecule has 5 fully saturated rings. The Morgan fingerprint density at radius 1 is 1.03 bits per heavy atom. The zero-order chi connectivity index (χ0) is 26.9. The van der Waals surface area contributed by atoms with Gasteiger partial charge in [0.1, 0.15) is 0 Å². The Morgan fingerprint density at radius 2 is 1.69 bits per heavy atom. The van der Waals surface area contributed by atoms with Gasteiger partial charge in [0, 0.05) is 18.7 Å². The van der Waals surface area contributed by atoms with Crippen molar-refractivity contribution in [2.24, 2.45) is 22.7 Å². The van der Waals surface area contributed by atoms with E-state index in [9.17, 15) is 9.90 Å². The van der Waals surface area contributed by atoms with Gasteiger partial charge in [0.25, 0.3) is 5.91 Å². The van der Waals surface area contributed by atoms with Crippen molar-refractivity contribution in [3.05, 3.63) is 58.2 Å². The second-order valence-electron chi connectivity index (χ2n) is 12.7. The molecule has 39 heavy (non-hydrogen) atoms. The molecule has 4 saturated carbocycles. The van der Waals surface area contributed by atoms with Gasteiger partial charge in [-0.25, -0.2) is 4.39 Å². The third-order valence-corrected chi connectivity index (χ3v) is 10.5. The number of thioether (sulfide) groups is 1. The van der Waals surface area contributed by atoms with E-state index in [1.165, 1.54) is 37.1 Å². The molecule has 1 saturated heterocycles. The molecule has 8 rings (SSSR count). The SMILES string of the molecule is C[C@@H]1CN(C2=NC(=O)C(=Cc3cccc(-c4cc(F)c(O)c(C56CC7CC(CC(C7)C5)C6)c4)c3)S2)C[C@@H](C)O1. The molecule has 204 valence electrons. The van der Waals surface area contributed by atoms with Crippen LogP contribution >= 0.6 is 11.8 Å². The molecule has 5 nitrogen and oxygen atoms in total. The smallest absolute Gasteiger partial charge is 0.286 e. The van der Waals surface area contributed by atoms with Gasteiger partial charge < -0.3 is 14.7 Å². The number of amides is 1. The molecule has 2 aromatic carbocycles. The van der Waals surface area contributed by atoms with Gasteiger partial charge in [-0.05, 0) is 128 Å². The molecule has 1 amide bonds. The number of morpholine rings is 1. The van der Waals surface area contributed by atoms with E-state index >= 15 is 4.39 Å². The molecule has 0 unspecified atom stereocenters. The van der Waals surface area contributed by atoms with E-state index in [-0.39, 0.29) is 29.3 Å². The van der Waals surface area contributed by atoms with Crippen LogP contribution in [0.3, 0.4) is 0 Å². The van der Waals surface area contributed by atoms with Gasteiger partial charge >= 0.3 is 0 Å². The van der Waals surface area contributed by atoms with E-state index in [0.717, 1.165) is 46.7 Å². The first-order valence-electron chi connectivity index (χ1n) is 14.3. The number of phenolic OH excluding ortho intramolecular Hbond substituents is 1. The number of aliphatic imine (C=N–C) groups is 1. The Kier molecular flexibility index (Phi) is 6.16. The molecular formula is C32H35FN2O3S. The highest BCUT2D eigenvalue weighted by Crippen LogP contribution is 2.62. The summed E-state index contributed by atoms with van der Waals surface area (Å²) in [5.41, 5.74) is 3.21. The normalized spacial score (nSPS) is 34.7. The van der Waals surface area contributed by atoms with E-state index < -0.39 is 5.82 Å². The van der Waals surface area contributed by atoms with Crippen LogP contribution in [0.4, 0.5) is 4.39 Å². The Hall–Kier alpha value is -2.64. The lowest BCUT2D eigenvalue weighted by Crippen LogP contribution is -2.48. The maximum absolute atomic E-state index is 15.2. The van der Waals surface area contributed by atoms with Gasteiger partial charge in [0.05, 0.1) is 17.1 Å². The molecule has 2 aromatic rings. The Morgan fingerprint density at radius 3 is 2.36 bits per heavy atom. The summed E-state index contributed by atoms with van der Waals surface area (Å²) in [4.78, 5) is 19.8. The zero-order valence-electron chi connectivity index (χ0n) is 22.5. The fraction of sp³-hybridized carbons (Fsp3) is 0.500. The van der Waals surface area contributed by atoms with Crippen LogP contribution in [0.25, 0.3) is 17.2 Å². The van der Waals surface area contributed by atoms with E-state index in [0.29, 0.717) is 35.7 Å². The minimum Gasteiger partial charge on any atom is -0.505 e. The fourth-order valence-electron chi connectivity index (χ4n) is 8.44. The summed E-state index contributed by atoms with van der Waals surface area (Å²) in [7, 11) is 0. The van der Waals surface area contributed by atoms with Crippen molar-refractivity contribution in [2.45, 2.75) is 70.0 Å². The topological polar surface area (TPSA) is 62.1 Å². The van der Waals surface area contributed by atoms with Gasteiger partial charge in [0.15, 0.2) is 16.7 Å². The molecule has 0 aromatic heterocycles. The quantitative estimate of drug-likeness (QED) is 0.432. The molecule has 2 atom stereocenters. The predicted molar refractivity (Wildman–Crippen MR) is 153 cm³/mol. The van der Waals surface area contributed by atoms with Crippen molar-refractivity contribution >= 4 is 28.9 Å². The van der Waals surface area contributed by atoms with Crippen molar-refractivity contribution in [1.29, 1.82) is 0 Å². The first kappa shape index (κ1) is 25.3. The number of rotatable bonds is 3. The number of aromatic hydroxyl groups is 1. The number of ether oxygens (including phenoxy) is 1. The third kappa shape index (κ3) is 4.61.